The Balaban J connectivity index is 1.86. The van der Waals surface area contributed by atoms with Crippen LogP contribution in [0.1, 0.15) is 71.6 Å². The van der Waals surface area contributed by atoms with Crippen molar-refractivity contribution >= 4 is 0 Å². The van der Waals surface area contributed by atoms with Gasteiger partial charge in [-0.05, 0) is 58.5 Å². The monoisotopic (exact) mass is 252 g/mol. The maximum Gasteiger partial charge on any atom is 0.00954 e. The molecule has 0 radical (unpaired) electrons. The summed E-state index contributed by atoms with van der Waals surface area (Å²) in [5.74, 6) is 0. The van der Waals surface area contributed by atoms with E-state index in [0.717, 1.165) is 18.1 Å². The van der Waals surface area contributed by atoms with Gasteiger partial charge in [0.1, 0.15) is 0 Å². The van der Waals surface area contributed by atoms with Crippen LogP contribution in [0.3, 0.4) is 0 Å². The molecule has 0 aliphatic carbocycles. The van der Waals surface area contributed by atoms with Gasteiger partial charge in [0.25, 0.3) is 0 Å². The van der Waals surface area contributed by atoms with Crippen molar-refractivity contribution in [2.75, 3.05) is 13.1 Å². The summed E-state index contributed by atoms with van der Waals surface area (Å²) in [5, 5.41) is 3.71. The van der Waals surface area contributed by atoms with Crippen molar-refractivity contribution in [2.24, 2.45) is 0 Å². The Morgan fingerprint density at radius 2 is 1.94 bits per heavy atom. The molecule has 18 heavy (non-hydrogen) atoms. The molecule has 2 heterocycles. The van der Waals surface area contributed by atoms with Crippen molar-refractivity contribution < 1.29 is 0 Å². The summed E-state index contributed by atoms with van der Waals surface area (Å²) in [7, 11) is 0. The van der Waals surface area contributed by atoms with Crippen molar-refractivity contribution in [1.29, 1.82) is 0 Å². The molecule has 2 fully saturated rings. The number of hydrogen-bond donors (Lipinski definition) is 1. The molecule has 2 nitrogen and oxygen atoms in total. The average Bonchev–Trinajstić information content (AvgIpc) is 2.64. The van der Waals surface area contributed by atoms with E-state index < -0.39 is 0 Å². The second kappa shape index (κ2) is 7.49. The molecular formula is C16H32N2. The maximum atomic E-state index is 3.71. The van der Waals surface area contributed by atoms with Gasteiger partial charge in [-0.1, -0.05) is 26.2 Å². The third-order valence-electron chi connectivity index (χ3n) is 5.00. The molecule has 0 amide bonds. The van der Waals surface area contributed by atoms with Crippen LogP contribution < -0.4 is 5.32 Å². The summed E-state index contributed by atoms with van der Waals surface area (Å²) in [6, 6.07) is 2.41. The van der Waals surface area contributed by atoms with Crippen LogP contribution in [0.25, 0.3) is 0 Å². The van der Waals surface area contributed by atoms with Crippen molar-refractivity contribution in [3.8, 4) is 0 Å². The van der Waals surface area contributed by atoms with E-state index in [1.54, 1.807) is 0 Å². The number of nitrogens with one attached hydrogen (secondary N) is 1. The van der Waals surface area contributed by atoms with Gasteiger partial charge in [-0.2, -0.15) is 0 Å². The highest BCUT2D eigenvalue weighted by molar-refractivity contribution is 4.83. The lowest BCUT2D eigenvalue weighted by Gasteiger charge is -2.37. The largest absolute Gasteiger partial charge is 0.314 e. The molecular weight excluding hydrogens is 220 g/mol. The van der Waals surface area contributed by atoms with Crippen LogP contribution in [0.15, 0.2) is 0 Å². The molecule has 3 atom stereocenters. The minimum Gasteiger partial charge on any atom is -0.314 e. The first-order valence-corrected chi connectivity index (χ1v) is 8.30. The van der Waals surface area contributed by atoms with Crippen molar-refractivity contribution in [3.63, 3.8) is 0 Å². The van der Waals surface area contributed by atoms with E-state index in [4.69, 9.17) is 0 Å². The number of nitrogens with zero attached hydrogens (tertiary/aromatic N) is 1. The van der Waals surface area contributed by atoms with Gasteiger partial charge in [0.2, 0.25) is 0 Å². The molecule has 0 aromatic rings. The summed E-state index contributed by atoms with van der Waals surface area (Å²) in [5.41, 5.74) is 0. The molecule has 0 aromatic heterocycles. The van der Waals surface area contributed by atoms with Gasteiger partial charge in [-0.15, -0.1) is 0 Å². The number of piperidine rings is 1. The molecule has 0 bridgehead atoms. The van der Waals surface area contributed by atoms with Crippen LogP contribution in [-0.4, -0.2) is 36.1 Å². The van der Waals surface area contributed by atoms with E-state index in [0.29, 0.717) is 0 Å². The summed E-state index contributed by atoms with van der Waals surface area (Å²) in [6.45, 7) is 7.42. The van der Waals surface area contributed by atoms with Crippen LogP contribution in [-0.2, 0) is 0 Å². The van der Waals surface area contributed by atoms with Crippen molar-refractivity contribution in [2.45, 2.75) is 89.8 Å². The van der Waals surface area contributed by atoms with E-state index in [-0.39, 0.29) is 0 Å². The van der Waals surface area contributed by atoms with E-state index in [1.807, 2.05) is 0 Å². The van der Waals surface area contributed by atoms with E-state index in [2.05, 4.69) is 24.1 Å². The van der Waals surface area contributed by atoms with Crippen LogP contribution in [0.2, 0.25) is 0 Å². The minimum absolute atomic E-state index is 0.767. The molecule has 106 valence electrons. The molecule has 0 aromatic carbocycles. The fourth-order valence-electron chi connectivity index (χ4n) is 3.89. The van der Waals surface area contributed by atoms with Gasteiger partial charge >= 0.3 is 0 Å². The minimum atomic E-state index is 0.767. The molecule has 0 saturated carbocycles. The quantitative estimate of drug-likeness (QED) is 0.823. The molecule has 1 N–H and O–H groups in total. The highest BCUT2D eigenvalue weighted by atomic mass is 15.2. The van der Waals surface area contributed by atoms with Crippen molar-refractivity contribution in [3.05, 3.63) is 0 Å². The third kappa shape index (κ3) is 3.96. The lowest BCUT2D eigenvalue weighted by molar-refractivity contribution is 0.124. The Labute approximate surface area is 114 Å². The Kier molecular flexibility index (Phi) is 5.97. The van der Waals surface area contributed by atoms with E-state index in [9.17, 15) is 0 Å². The van der Waals surface area contributed by atoms with Gasteiger partial charge in [0.15, 0.2) is 0 Å². The Morgan fingerprint density at radius 1 is 1.11 bits per heavy atom. The molecule has 2 saturated heterocycles. The molecule has 0 spiro atoms. The van der Waals surface area contributed by atoms with E-state index >= 15 is 0 Å². The molecule has 2 heteroatoms. The second-order valence-corrected chi connectivity index (χ2v) is 6.38. The predicted molar refractivity (Wildman–Crippen MR) is 79.0 cm³/mol. The lowest BCUT2D eigenvalue weighted by Crippen LogP contribution is -2.45. The fraction of sp³-hybridized carbons (Fsp3) is 1.00. The average molecular weight is 252 g/mol. The first kappa shape index (κ1) is 14.3. The van der Waals surface area contributed by atoms with Crippen LogP contribution >= 0.6 is 0 Å². The number of hydrogen-bond acceptors (Lipinski definition) is 2. The Hall–Kier alpha value is -0.0800. The topological polar surface area (TPSA) is 15.3 Å². The van der Waals surface area contributed by atoms with Gasteiger partial charge in [-0.25, -0.2) is 0 Å². The maximum absolute atomic E-state index is 3.71. The second-order valence-electron chi connectivity index (χ2n) is 6.38. The van der Waals surface area contributed by atoms with E-state index in [1.165, 1.54) is 70.9 Å². The van der Waals surface area contributed by atoms with Gasteiger partial charge in [0, 0.05) is 18.1 Å². The Bertz CT molecular complexity index is 223. The Morgan fingerprint density at radius 3 is 2.67 bits per heavy atom. The first-order valence-electron chi connectivity index (χ1n) is 8.30. The van der Waals surface area contributed by atoms with Crippen LogP contribution in [0, 0.1) is 0 Å². The molecule has 2 aliphatic rings. The number of rotatable bonds is 4. The fourth-order valence-corrected chi connectivity index (χ4v) is 3.89. The summed E-state index contributed by atoms with van der Waals surface area (Å²) >= 11 is 0. The highest BCUT2D eigenvalue weighted by Gasteiger charge is 2.26. The van der Waals surface area contributed by atoms with Gasteiger partial charge in [0.05, 0.1) is 0 Å². The zero-order chi connectivity index (χ0) is 12.8. The zero-order valence-corrected chi connectivity index (χ0v) is 12.5. The lowest BCUT2D eigenvalue weighted by atomic mass is 9.96. The van der Waals surface area contributed by atoms with Crippen LogP contribution in [0.4, 0.5) is 0 Å². The highest BCUT2D eigenvalue weighted by Crippen LogP contribution is 2.24. The summed E-state index contributed by atoms with van der Waals surface area (Å²) in [6.07, 6.45) is 12.6. The molecule has 2 rings (SSSR count). The van der Waals surface area contributed by atoms with Gasteiger partial charge < -0.3 is 5.32 Å². The van der Waals surface area contributed by atoms with Crippen molar-refractivity contribution in [1.82, 2.24) is 10.2 Å². The van der Waals surface area contributed by atoms with Crippen LogP contribution in [0.5, 0.6) is 0 Å². The number of likely N-dealkylation sites (tertiary alicyclic amines) is 1. The molecule has 2 aliphatic heterocycles. The third-order valence-corrected chi connectivity index (χ3v) is 5.00. The smallest absolute Gasteiger partial charge is 0.00954 e. The zero-order valence-electron chi connectivity index (χ0n) is 12.5. The normalized spacial score (nSPS) is 33.0. The summed E-state index contributed by atoms with van der Waals surface area (Å²) in [4.78, 5) is 2.82. The SMILES string of the molecule is CCC1CCCCCN1C(C)CC1CCCCN1. The molecule has 3 unspecified atom stereocenters. The summed E-state index contributed by atoms with van der Waals surface area (Å²) < 4.78 is 0. The first-order chi connectivity index (χ1) is 8.81. The van der Waals surface area contributed by atoms with Gasteiger partial charge in [-0.3, -0.25) is 4.90 Å². The predicted octanol–water partition coefficient (Wildman–Crippen LogP) is 3.56. The standard InChI is InChI=1S/C16H32N2/c1-3-16-10-5-4-8-12-18(16)14(2)13-15-9-6-7-11-17-15/h14-17H,3-13H2,1-2H3.